The molecular weight excluding hydrogens is 584 g/mol. The van der Waals surface area contributed by atoms with Gasteiger partial charge in [-0.25, -0.2) is 0 Å². The molecule has 0 unspecified atom stereocenters. The Kier molecular flexibility index (Phi) is 9.89. The predicted molar refractivity (Wildman–Crippen MR) is 164 cm³/mol. The molecule has 4 amide bonds. The van der Waals surface area contributed by atoms with Crippen LogP contribution >= 0.6 is 11.3 Å². The SMILES string of the molecule is COc1ccc2cc1O[C@H]1C[C@@H](C(=O)NCCCCN(C(=O)c3cccs3)CCCNC2=O)N(C(=O)c2cc(C)oc2C)C1. The number of amides is 4. The van der Waals surface area contributed by atoms with Crippen LogP contribution in [0.2, 0.25) is 0 Å². The number of carbonyl (C=O) groups excluding carboxylic acids is 4. The summed E-state index contributed by atoms with van der Waals surface area (Å²) in [7, 11) is 1.51. The fraction of sp³-hybridized carbons (Fsp3) is 0.438. The smallest absolute Gasteiger partial charge is 0.263 e. The van der Waals surface area contributed by atoms with Gasteiger partial charge in [-0.15, -0.1) is 11.3 Å². The molecule has 1 saturated heterocycles. The van der Waals surface area contributed by atoms with E-state index in [2.05, 4.69) is 10.6 Å². The van der Waals surface area contributed by atoms with Gasteiger partial charge in [0.05, 0.1) is 24.1 Å². The van der Waals surface area contributed by atoms with Gasteiger partial charge >= 0.3 is 0 Å². The first-order chi connectivity index (χ1) is 21.2. The number of hydrogen-bond donors (Lipinski definition) is 2. The number of fused-ring (bicyclic) bond motifs is 4. The molecule has 2 atom stereocenters. The molecule has 11 nitrogen and oxygen atoms in total. The summed E-state index contributed by atoms with van der Waals surface area (Å²) in [6, 6.07) is 9.49. The quantitative estimate of drug-likeness (QED) is 0.455. The van der Waals surface area contributed by atoms with Crippen LogP contribution < -0.4 is 20.1 Å². The molecule has 0 saturated carbocycles. The van der Waals surface area contributed by atoms with Crippen molar-refractivity contribution in [2.45, 2.75) is 51.7 Å². The molecule has 1 aromatic carbocycles. The lowest BCUT2D eigenvalue weighted by Gasteiger charge is -2.24. The van der Waals surface area contributed by atoms with Crippen molar-refractivity contribution in [1.29, 1.82) is 0 Å². The van der Waals surface area contributed by atoms with Crippen LogP contribution in [0.25, 0.3) is 0 Å². The third kappa shape index (κ3) is 7.07. The van der Waals surface area contributed by atoms with Gasteiger partial charge in [0.2, 0.25) is 5.91 Å². The zero-order valence-corrected chi connectivity index (χ0v) is 26.0. The molecule has 5 rings (SSSR count). The summed E-state index contributed by atoms with van der Waals surface area (Å²) in [5.41, 5.74) is 0.789. The zero-order chi connectivity index (χ0) is 31.2. The number of benzene rings is 1. The second-order valence-electron chi connectivity index (χ2n) is 11.0. The van der Waals surface area contributed by atoms with Crippen LogP contribution in [0, 0.1) is 13.8 Å². The summed E-state index contributed by atoms with van der Waals surface area (Å²) in [4.78, 5) is 57.4. The highest BCUT2D eigenvalue weighted by Gasteiger charge is 2.42. The molecule has 2 aliphatic heterocycles. The number of aryl methyl sites for hydroxylation is 2. The molecule has 3 aromatic rings. The maximum atomic E-state index is 13.7. The summed E-state index contributed by atoms with van der Waals surface area (Å²) in [5.74, 6) is 0.967. The Morgan fingerprint density at radius 2 is 1.80 bits per heavy atom. The van der Waals surface area contributed by atoms with Crippen LogP contribution in [0.15, 0.2) is 46.2 Å². The Morgan fingerprint density at radius 1 is 1.00 bits per heavy atom. The van der Waals surface area contributed by atoms with E-state index in [1.54, 1.807) is 49.1 Å². The predicted octanol–water partition coefficient (Wildman–Crippen LogP) is 3.80. The third-order valence-electron chi connectivity index (χ3n) is 7.88. The molecule has 1 fully saturated rings. The van der Waals surface area contributed by atoms with E-state index in [1.165, 1.54) is 23.3 Å². The number of nitrogens with zero attached hydrogens (tertiary/aromatic N) is 2. The minimum absolute atomic E-state index is 0.0471. The van der Waals surface area contributed by atoms with Crippen LogP contribution in [0.1, 0.15) is 67.6 Å². The second kappa shape index (κ2) is 14.0. The molecule has 12 heteroatoms. The number of hydrogen-bond acceptors (Lipinski definition) is 8. The number of carbonyl (C=O) groups is 4. The van der Waals surface area contributed by atoms with Gasteiger partial charge in [-0.3, -0.25) is 19.2 Å². The number of ether oxygens (including phenoxy) is 2. The minimum atomic E-state index is -0.765. The topological polar surface area (TPSA) is 130 Å². The molecule has 234 valence electrons. The number of rotatable bonds is 3. The maximum absolute atomic E-state index is 13.7. The van der Waals surface area contributed by atoms with Gasteiger partial charge < -0.3 is 34.3 Å². The van der Waals surface area contributed by atoms with Crippen molar-refractivity contribution in [3.05, 3.63) is 69.3 Å². The van der Waals surface area contributed by atoms with Gasteiger partial charge in [0, 0.05) is 38.2 Å². The monoisotopic (exact) mass is 622 g/mol. The highest BCUT2D eigenvalue weighted by molar-refractivity contribution is 7.12. The highest BCUT2D eigenvalue weighted by Crippen LogP contribution is 2.33. The molecule has 2 aromatic heterocycles. The molecule has 0 spiro atoms. The summed E-state index contributed by atoms with van der Waals surface area (Å²) < 4.78 is 17.4. The van der Waals surface area contributed by atoms with Gasteiger partial charge in [0.25, 0.3) is 17.7 Å². The van der Waals surface area contributed by atoms with Crippen LogP contribution in [0.5, 0.6) is 11.5 Å². The maximum Gasteiger partial charge on any atom is 0.263 e. The summed E-state index contributed by atoms with van der Waals surface area (Å²) in [6.45, 7) is 5.45. The third-order valence-corrected chi connectivity index (χ3v) is 8.74. The standard InChI is InChI=1S/C32H38N4O7S/c1-20-16-24(21(2)42-20)31(39)36-19-23-18-25(36)30(38)34-11-4-5-13-35(32(40)28-8-6-15-44-28)14-7-12-33-29(37)22-9-10-26(41-3)27(17-22)43-23/h6,8-10,15-17,23,25H,4-5,7,11-14,18-19H2,1-3H3,(H,33,37)(H,34,38)/t23-,25-/m0/s1. The van der Waals surface area contributed by atoms with E-state index in [4.69, 9.17) is 13.9 Å². The van der Waals surface area contributed by atoms with Crippen molar-refractivity contribution in [1.82, 2.24) is 20.4 Å². The van der Waals surface area contributed by atoms with Gasteiger partial charge in [-0.2, -0.15) is 0 Å². The number of furan rings is 1. The van der Waals surface area contributed by atoms with Crippen molar-refractivity contribution in [2.24, 2.45) is 0 Å². The minimum Gasteiger partial charge on any atom is -0.493 e. The number of nitrogens with one attached hydrogen (secondary N) is 2. The van der Waals surface area contributed by atoms with Crippen molar-refractivity contribution in [3.8, 4) is 11.5 Å². The first-order valence-corrected chi connectivity index (χ1v) is 15.7. The van der Waals surface area contributed by atoms with Gasteiger partial charge in [0.1, 0.15) is 23.7 Å². The van der Waals surface area contributed by atoms with Crippen LogP contribution in [0.4, 0.5) is 0 Å². The first-order valence-electron chi connectivity index (χ1n) is 14.9. The second-order valence-corrected chi connectivity index (χ2v) is 12.0. The molecular formula is C32H38N4O7S. The average Bonchev–Trinajstić information content (AvgIpc) is 3.77. The van der Waals surface area contributed by atoms with E-state index in [0.29, 0.717) is 84.5 Å². The molecule has 4 heterocycles. The van der Waals surface area contributed by atoms with Crippen molar-refractivity contribution in [3.63, 3.8) is 0 Å². The van der Waals surface area contributed by atoms with E-state index >= 15 is 0 Å². The largest absolute Gasteiger partial charge is 0.493 e. The van der Waals surface area contributed by atoms with E-state index in [1.807, 2.05) is 11.4 Å². The van der Waals surface area contributed by atoms with Crippen LogP contribution in [-0.4, -0.2) is 85.4 Å². The summed E-state index contributed by atoms with van der Waals surface area (Å²) in [6.07, 6.45) is 1.66. The Balaban J connectivity index is 1.39. The highest BCUT2D eigenvalue weighted by atomic mass is 32.1. The van der Waals surface area contributed by atoms with Crippen molar-refractivity contribution < 1.29 is 33.1 Å². The molecule has 2 N–H and O–H groups in total. The Morgan fingerprint density at radius 3 is 2.52 bits per heavy atom. The fourth-order valence-electron chi connectivity index (χ4n) is 5.65. The lowest BCUT2D eigenvalue weighted by molar-refractivity contribution is -0.124. The van der Waals surface area contributed by atoms with Crippen molar-refractivity contribution >= 4 is 35.0 Å². The van der Waals surface area contributed by atoms with E-state index in [-0.39, 0.29) is 36.6 Å². The van der Waals surface area contributed by atoms with Gasteiger partial charge in [0.15, 0.2) is 11.5 Å². The van der Waals surface area contributed by atoms with Gasteiger partial charge in [-0.1, -0.05) is 6.07 Å². The average molecular weight is 623 g/mol. The van der Waals surface area contributed by atoms with Gasteiger partial charge in [-0.05, 0) is 68.8 Å². The van der Waals surface area contributed by atoms with Crippen molar-refractivity contribution in [2.75, 3.05) is 39.8 Å². The summed E-state index contributed by atoms with van der Waals surface area (Å²) >= 11 is 1.40. The molecule has 0 aliphatic carbocycles. The van der Waals surface area contributed by atoms with E-state index in [0.717, 1.165) is 0 Å². The fourth-order valence-corrected chi connectivity index (χ4v) is 6.34. The zero-order valence-electron chi connectivity index (χ0n) is 25.2. The van der Waals surface area contributed by atoms with E-state index in [9.17, 15) is 19.2 Å². The first kappa shape index (κ1) is 31.1. The number of methoxy groups -OCH3 is 1. The molecule has 0 radical (unpaired) electrons. The van der Waals surface area contributed by atoms with Crippen LogP contribution in [0.3, 0.4) is 0 Å². The molecule has 44 heavy (non-hydrogen) atoms. The normalized spacial score (nSPS) is 20.1. The lowest BCUT2D eigenvalue weighted by Crippen LogP contribution is -2.46. The Bertz CT molecular complexity index is 1500. The van der Waals surface area contributed by atoms with E-state index < -0.39 is 12.1 Å². The number of likely N-dealkylation sites (tertiary alicyclic amines) is 1. The Labute approximate surface area is 260 Å². The Hall–Kier alpha value is -4.32. The van der Waals surface area contributed by atoms with Crippen LogP contribution in [-0.2, 0) is 4.79 Å². The molecule has 2 aliphatic rings. The molecule has 4 bridgehead atoms. The summed E-state index contributed by atoms with van der Waals surface area (Å²) in [5, 5.41) is 7.80. The lowest BCUT2D eigenvalue weighted by atomic mass is 10.1. The number of thiophene rings is 1.